The fourth-order valence-corrected chi connectivity index (χ4v) is 0.500. The quantitative estimate of drug-likeness (QED) is 0.569. The van der Waals surface area contributed by atoms with E-state index in [2.05, 4.69) is 6.92 Å². The zero-order chi connectivity index (χ0) is 7.11. The van der Waals surface area contributed by atoms with Crippen LogP contribution in [0.15, 0.2) is 0 Å². The molecule has 0 aromatic carbocycles. The molecule has 0 heterocycles. The van der Waals surface area contributed by atoms with Crippen LogP contribution >= 0.6 is 0 Å². The normalized spacial score (nSPS) is 13.7. The van der Waals surface area contributed by atoms with Crippen LogP contribution in [-0.2, 0) is 4.74 Å². The summed E-state index contributed by atoms with van der Waals surface area (Å²) < 4.78 is 5.09. The highest BCUT2D eigenvalue weighted by Gasteiger charge is 1.92. The minimum Gasteiger partial charge on any atom is -0.391 e. The molecule has 0 aliphatic carbocycles. The smallest absolute Gasteiger partial charge is 0.0745 e. The molecule has 0 aromatic rings. The van der Waals surface area contributed by atoms with Gasteiger partial charge in [0, 0.05) is 6.61 Å². The summed E-state index contributed by atoms with van der Waals surface area (Å²) in [6.45, 7) is 5.10. The first-order valence-electron chi connectivity index (χ1n) is 3.53. The van der Waals surface area contributed by atoms with Crippen LogP contribution in [-0.4, -0.2) is 24.4 Å². The van der Waals surface area contributed by atoms with Gasteiger partial charge in [-0.3, -0.25) is 0 Å². The monoisotopic (exact) mass is 132 g/mol. The summed E-state index contributed by atoms with van der Waals surface area (Å²) in [6.07, 6.45) is 1.92. The average Bonchev–Trinajstić information content (AvgIpc) is 1.80. The van der Waals surface area contributed by atoms with Crippen molar-refractivity contribution in [2.24, 2.45) is 0 Å². The van der Waals surface area contributed by atoms with E-state index in [1.807, 2.05) is 0 Å². The Balaban J connectivity index is 2.75. The largest absolute Gasteiger partial charge is 0.391 e. The van der Waals surface area contributed by atoms with E-state index < -0.39 is 0 Å². The van der Waals surface area contributed by atoms with Gasteiger partial charge in [-0.05, 0) is 13.3 Å². The third-order valence-electron chi connectivity index (χ3n) is 1.00. The highest BCUT2D eigenvalue weighted by atomic mass is 16.5. The fraction of sp³-hybridized carbons (Fsp3) is 1.00. The lowest BCUT2D eigenvalue weighted by Gasteiger charge is -2.03. The van der Waals surface area contributed by atoms with E-state index in [0.717, 1.165) is 19.4 Å². The molecule has 0 saturated carbocycles. The molecule has 0 bridgehead atoms. The van der Waals surface area contributed by atoms with E-state index >= 15 is 0 Å². The summed E-state index contributed by atoms with van der Waals surface area (Å²) in [5.74, 6) is 0. The van der Waals surface area contributed by atoms with E-state index in [9.17, 15) is 0 Å². The molecular weight excluding hydrogens is 116 g/mol. The Kier molecular flexibility index (Phi) is 5.99. The Hall–Kier alpha value is -0.0800. The summed E-state index contributed by atoms with van der Waals surface area (Å²) in [5.41, 5.74) is 0. The molecule has 1 N–H and O–H groups in total. The van der Waals surface area contributed by atoms with Crippen molar-refractivity contribution in [3.8, 4) is 0 Å². The van der Waals surface area contributed by atoms with Gasteiger partial charge in [-0.2, -0.15) is 0 Å². The van der Waals surface area contributed by atoms with Crippen LogP contribution in [0.1, 0.15) is 26.7 Å². The molecule has 9 heavy (non-hydrogen) atoms. The standard InChI is InChI=1S/C7H16O2/c1-3-4-5-9-6-7(2)8/h7-8H,3-6H2,1-2H3/t7-/m1/s1. The second-order valence-electron chi connectivity index (χ2n) is 2.28. The first-order valence-corrected chi connectivity index (χ1v) is 3.53. The maximum Gasteiger partial charge on any atom is 0.0745 e. The highest BCUT2D eigenvalue weighted by molar-refractivity contribution is 4.40. The van der Waals surface area contributed by atoms with Gasteiger partial charge in [0.2, 0.25) is 0 Å². The SMILES string of the molecule is CCCCOC[C@@H](C)O. The third kappa shape index (κ3) is 7.92. The molecular formula is C7H16O2. The van der Waals surface area contributed by atoms with Crippen LogP contribution in [0.3, 0.4) is 0 Å². The van der Waals surface area contributed by atoms with Gasteiger partial charge in [0.25, 0.3) is 0 Å². The lowest BCUT2D eigenvalue weighted by Crippen LogP contribution is -2.10. The molecule has 0 aliphatic heterocycles. The Bertz CT molecular complexity index is 52.9. The van der Waals surface area contributed by atoms with Gasteiger partial charge in [-0.25, -0.2) is 0 Å². The molecule has 0 spiro atoms. The van der Waals surface area contributed by atoms with Crippen molar-refractivity contribution < 1.29 is 9.84 Å². The second kappa shape index (κ2) is 6.05. The van der Waals surface area contributed by atoms with Crippen molar-refractivity contribution in [3.63, 3.8) is 0 Å². The summed E-state index contributed by atoms with van der Waals surface area (Å²) in [5, 5.41) is 8.73. The van der Waals surface area contributed by atoms with E-state index in [1.165, 1.54) is 0 Å². The Morgan fingerprint density at radius 2 is 2.22 bits per heavy atom. The summed E-state index contributed by atoms with van der Waals surface area (Å²) in [4.78, 5) is 0. The number of aliphatic hydroxyl groups is 1. The van der Waals surface area contributed by atoms with Crippen LogP contribution in [0.4, 0.5) is 0 Å². The van der Waals surface area contributed by atoms with E-state index in [4.69, 9.17) is 9.84 Å². The van der Waals surface area contributed by atoms with Gasteiger partial charge in [0.15, 0.2) is 0 Å². The van der Waals surface area contributed by atoms with Gasteiger partial charge in [-0.1, -0.05) is 13.3 Å². The van der Waals surface area contributed by atoms with Gasteiger partial charge in [0.1, 0.15) is 0 Å². The summed E-state index contributed by atoms with van der Waals surface area (Å²) >= 11 is 0. The molecule has 0 aliphatic rings. The van der Waals surface area contributed by atoms with Crippen molar-refractivity contribution in [1.29, 1.82) is 0 Å². The fourth-order valence-electron chi connectivity index (χ4n) is 0.500. The Morgan fingerprint density at radius 3 is 2.67 bits per heavy atom. The van der Waals surface area contributed by atoms with Crippen LogP contribution < -0.4 is 0 Å². The molecule has 0 radical (unpaired) electrons. The maximum atomic E-state index is 8.73. The Morgan fingerprint density at radius 1 is 1.56 bits per heavy atom. The van der Waals surface area contributed by atoms with Crippen LogP contribution in [0, 0.1) is 0 Å². The summed E-state index contributed by atoms with van der Waals surface area (Å²) in [7, 11) is 0. The van der Waals surface area contributed by atoms with E-state index in [-0.39, 0.29) is 6.10 Å². The molecule has 1 atom stereocenters. The molecule has 2 nitrogen and oxygen atoms in total. The molecule has 0 aromatic heterocycles. The van der Waals surface area contributed by atoms with E-state index in [0.29, 0.717) is 6.61 Å². The molecule has 0 amide bonds. The lowest BCUT2D eigenvalue weighted by atomic mass is 10.4. The highest BCUT2D eigenvalue weighted by Crippen LogP contribution is 1.89. The molecule has 0 saturated heterocycles. The molecule has 2 heteroatoms. The molecule has 56 valence electrons. The zero-order valence-corrected chi connectivity index (χ0v) is 6.26. The Labute approximate surface area is 56.8 Å². The average molecular weight is 132 g/mol. The number of hydrogen-bond donors (Lipinski definition) is 1. The van der Waals surface area contributed by atoms with Gasteiger partial charge < -0.3 is 9.84 Å². The van der Waals surface area contributed by atoms with E-state index in [1.54, 1.807) is 6.92 Å². The number of aliphatic hydroxyl groups excluding tert-OH is 1. The van der Waals surface area contributed by atoms with Gasteiger partial charge >= 0.3 is 0 Å². The zero-order valence-electron chi connectivity index (χ0n) is 6.26. The van der Waals surface area contributed by atoms with Crippen molar-refractivity contribution in [3.05, 3.63) is 0 Å². The van der Waals surface area contributed by atoms with Crippen molar-refractivity contribution in [1.82, 2.24) is 0 Å². The molecule has 0 rings (SSSR count). The van der Waals surface area contributed by atoms with Crippen LogP contribution in [0.2, 0.25) is 0 Å². The van der Waals surface area contributed by atoms with Crippen molar-refractivity contribution in [2.45, 2.75) is 32.8 Å². The number of hydrogen-bond acceptors (Lipinski definition) is 2. The number of rotatable bonds is 5. The first-order chi connectivity index (χ1) is 4.27. The predicted molar refractivity (Wildman–Crippen MR) is 37.4 cm³/mol. The van der Waals surface area contributed by atoms with Gasteiger partial charge in [0.05, 0.1) is 12.7 Å². The van der Waals surface area contributed by atoms with Crippen molar-refractivity contribution >= 4 is 0 Å². The van der Waals surface area contributed by atoms with Crippen LogP contribution in [0.5, 0.6) is 0 Å². The van der Waals surface area contributed by atoms with Crippen LogP contribution in [0.25, 0.3) is 0 Å². The predicted octanol–water partition coefficient (Wildman–Crippen LogP) is 1.18. The number of unbranched alkanes of at least 4 members (excludes halogenated alkanes) is 1. The summed E-state index contributed by atoms with van der Waals surface area (Å²) in [6, 6.07) is 0. The maximum absolute atomic E-state index is 8.73. The molecule has 0 unspecified atom stereocenters. The van der Waals surface area contributed by atoms with Gasteiger partial charge in [-0.15, -0.1) is 0 Å². The first kappa shape index (κ1) is 8.92. The minimum absolute atomic E-state index is 0.318. The second-order valence-corrected chi connectivity index (χ2v) is 2.28. The topological polar surface area (TPSA) is 29.5 Å². The lowest BCUT2D eigenvalue weighted by molar-refractivity contribution is 0.0450. The molecule has 0 fully saturated rings. The number of ether oxygens (including phenoxy) is 1. The third-order valence-corrected chi connectivity index (χ3v) is 1.00. The minimum atomic E-state index is -0.318. The van der Waals surface area contributed by atoms with Crippen molar-refractivity contribution in [2.75, 3.05) is 13.2 Å².